The van der Waals surface area contributed by atoms with Crippen LogP contribution in [0.1, 0.15) is 20.3 Å². The minimum atomic E-state index is -0.152. The standard InChI is InChI=1S/C8H17NO2/c1-7-5-11-8(2,3-4-10)6-9-7/h7,9-10H,3-6H2,1-2H3. The zero-order valence-electron chi connectivity index (χ0n) is 7.26. The van der Waals surface area contributed by atoms with Crippen molar-refractivity contribution in [3.63, 3.8) is 0 Å². The van der Waals surface area contributed by atoms with Crippen molar-refractivity contribution in [3.8, 4) is 0 Å². The van der Waals surface area contributed by atoms with Gasteiger partial charge in [0.05, 0.1) is 12.2 Å². The van der Waals surface area contributed by atoms with Gasteiger partial charge in [-0.25, -0.2) is 0 Å². The molecular formula is C8H17NO2. The fourth-order valence-electron chi connectivity index (χ4n) is 1.22. The zero-order valence-corrected chi connectivity index (χ0v) is 7.26. The van der Waals surface area contributed by atoms with Crippen LogP contribution in [-0.2, 0) is 4.74 Å². The summed E-state index contributed by atoms with van der Waals surface area (Å²) >= 11 is 0. The highest BCUT2D eigenvalue weighted by Gasteiger charge is 2.29. The van der Waals surface area contributed by atoms with Gasteiger partial charge in [-0.2, -0.15) is 0 Å². The topological polar surface area (TPSA) is 41.5 Å². The van der Waals surface area contributed by atoms with Crippen LogP contribution in [0.3, 0.4) is 0 Å². The Balaban J connectivity index is 2.35. The summed E-state index contributed by atoms with van der Waals surface area (Å²) in [6, 6.07) is 0.446. The highest BCUT2D eigenvalue weighted by Crippen LogP contribution is 2.17. The minimum Gasteiger partial charge on any atom is -0.396 e. The lowest BCUT2D eigenvalue weighted by Crippen LogP contribution is -2.52. The first-order valence-electron chi connectivity index (χ1n) is 4.14. The van der Waals surface area contributed by atoms with Crippen molar-refractivity contribution in [1.82, 2.24) is 5.32 Å². The van der Waals surface area contributed by atoms with E-state index in [2.05, 4.69) is 12.2 Å². The smallest absolute Gasteiger partial charge is 0.0801 e. The fourth-order valence-corrected chi connectivity index (χ4v) is 1.22. The van der Waals surface area contributed by atoms with Crippen LogP contribution in [0.2, 0.25) is 0 Å². The molecule has 1 rings (SSSR count). The molecule has 2 N–H and O–H groups in total. The van der Waals surface area contributed by atoms with Crippen molar-refractivity contribution in [1.29, 1.82) is 0 Å². The van der Waals surface area contributed by atoms with E-state index in [0.717, 1.165) is 13.2 Å². The van der Waals surface area contributed by atoms with Crippen LogP contribution in [0.15, 0.2) is 0 Å². The maximum Gasteiger partial charge on any atom is 0.0801 e. The maximum absolute atomic E-state index is 8.74. The lowest BCUT2D eigenvalue weighted by Gasteiger charge is -2.37. The van der Waals surface area contributed by atoms with Crippen LogP contribution >= 0.6 is 0 Å². The van der Waals surface area contributed by atoms with Gasteiger partial charge in [-0.05, 0) is 13.8 Å². The molecule has 0 radical (unpaired) electrons. The second-order valence-corrected chi connectivity index (χ2v) is 3.52. The molecule has 3 nitrogen and oxygen atoms in total. The van der Waals surface area contributed by atoms with E-state index in [-0.39, 0.29) is 12.2 Å². The third-order valence-electron chi connectivity index (χ3n) is 2.15. The fraction of sp³-hybridized carbons (Fsp3) is 1.00. The van der Waals surface area contributed by atoms with Crippen molar-refractivity contribution in [2.24, 2.45) is 0 Å². The summed E-state index contributed by atoms with van der Waals surface area (Å²) in [4.78, 5) is 0. The molecular weight excluding hydrogens is 142 g/mol. The first-order valence-corrected chi connectivity index (χ1v) is 4.14. The largest absolute Gasteiger partial charge is 0.396 e. The third-order valence-corrected chi connectivity index (χ3v) is 2.15. The first kappa shape index (κ1) is 8.97. The molecule has 11 heavy (non-hydrogen) atoms. The molecule has 3 heteroatoms. The average Bonchev–Trinajstić information content (AvgIpc) is 1.97. The van der Waals surface area contributed by atoms with Gasteiger partial charge >= 0.3 is 0 Å². The second-order valence-electron chi connectivity index (χ2n) is 3.52. The minimum absolute atomic E-state index is 0.152. The van der Waals surface area contributed by atoms with Gasteiger partial charge in [-0.3, -0.25) is 0 Å². The SMILES string of the molecule is CC1COC(C)(CCO)CN1. The molecule has 1 heterocycles. The van der Waals surface area contributed by atoms with Gasteiger partial charge in [0.1, 0.15) is 0 Å². The molecule has 66 valence electrons. The lowest BCUT2D eigenvalue weighted by atomic mass is 10.0. The summed E-state index contributed by atoms with van der Waals surface area (Å²) < 4.78 is 5.60. The molecule has 0 spiro atoms. The van der Waals surface area contributed by atoms with Crippen LogP contribution in [0.25, 0.3) is 0 Å². The predicted octanol–water partition coefficient (Wildman–Crippen LogP) is 0.136. The molecule has 0 amide bonds. The molecule has 2 atom stereocenters. The van der Waals surface area contributed by atoms with Crippen LogP contribution in [0.5, 0.6) is 0 Å². The number of ether oxygens (including phenoxy) is 1. The average molecular weight is 159 g/mol. The molecule has 1 saturated heterocycles. The number of morpholine rings is 1. The second kappa shape index (κ2) is 3.52. The van der Waals surface area contributed by atoms with Crippen molar-refractivity contribution in [2.45, 2.75) is 31.9 Å². The van der Waals surface area contributed by atoms with Gasteiger partial charge in [-0.1, -0.05) is 0 Å². The number of nitrogens with one attached hydrogen (secondary N) is 1. The maximum atomic E-state index is 8.74. The van der Waals surface area contributed by atoms with E-state index in [0.29, 0.717) is 12.5 Å². The molecule has 0 aromatic rings. The molecule has 1 aliphatic heterocycles. The molecule has 0 saturated carbocycles. The van der Waals surface area contributed by atoms with Gasteiger partial charge < -0.3 is 15.2 Å². The van der Waals surface area contributed by atoms with E-state index in [1.807, 2.05) is 6.92 Å². The third kappa shape index (κ3) is 2.43. The van der Waals surface area contributed by atoms with E-state index >= 15 is 0 Å². The van der Waals surface area contributed by atoms with E-state index in [4.69, 9.17) is 9.84 Å². The summed E-state index contributed by atoms with van der Waals surface area (Å²) in [5.74, 6) is 0. The van der Waals surface area contributed by atoms with Gasteiger partial charge in [0.15, 0.2) is 0 Å². The predicted molar refractivity (Wildman–Crippen MR) is 43.5 cm³/mol. The highest BCUT2D eigenvalue weighted by molar-refractivity contribution is 4.83. The summed E-state index contributed by atoms with van der Waals surface area (Å²) in [5.41, 5.74) is -0.152. The molecule has 0 bridgehead atoms. The Morgan fingerprint density at radius 3 is 2.91 bits per heavy atom. The number of rotatable bonds is 2. The van der Waals surface area contributed by atoms with Gasteiger partial charge in [0, 0.05) is 25.6 Å². The zero-order chi connectivity index (χ0) is 8.32. The molecule has 1 aliphatic rings. The van der Waals surface area contributed by atoms with Gasteiger partial charge in [0.25, 0.3) is 0 Å². The molecule has 2 unspecified atom stereocenters. The Labute approximate surface area is 67.7 Å². The van der Waals surface area contributed by atoms with Crippen LogP contribution < -0.4 is 5.32 Å². The van der Waals surface area contributed by atoms with Crippen LogP contribution in [0.4, 0.5) is 0 Å². The number of hydrogen-bond donors (Lipinski definition) is 2. The lowest BCUT2D eigenvalue weighted by molar-refractivity contribution is -0.0792. The Kier molecular flexibility index (Phi) is 2.87. The van der Waals surface area contributed by atoms with Gasteiger partial charge in [0.2, 0.25) is 0 Å². The van der Waals surface area contributed by atoms with E-state index in [9.17, 15) is 0 Å². The number of aliphatic hydroxyl groups is 1. The van der Waals surface area contributed by atoms with Crippen molar-refractivity contribution >= 4 is 0 Å². The van der Waals surface area contributed by atoms with Crippen LogP contribution in [0, 0.1) is 0 Å². The number of hydrogen-bond acceptors (Lipinski definition) is 3. The van der Waals surface area contributed by atoms with E-state index < -0.39 is 0 Å². The van der Waals surface area contributed by atoms with E-state index in [1.165, 1.54) is 0 Å². The van der Waals surface area contributed by atoms with Crippen LogP contribution in [-0.4, -0.2) is 36.5 Å². The molecule has 0 aliphatic carbocycles. The van der Waals surface area contributed by atoms with Crippen molar-refractivity contribution < 1.29 is 9.84 Å². The Morgan fingerprint density at radius 2 is 2.45 bits per heavy atom. The van der Waals surface area contributed by atoms with E-state index in [1.54, 1.807) is 0 Å². The Hall–Kier alpha value is -0.120. The summed E-state index contributed by atoms with van der Waals surface area (Å²) in [5, 5.41) is 12.1. The Morgan fingerprint density at radius 1 is 1.73 bits per heavy atom. The van der Waals surface area contributed by atoms with Crippen molar-refractivity contribution in [2.75, 3.05) is 19.8 Å². The summed E-state index contributed by atoms with van der Waals surface area (Å²) in [6.07, 6.45) is 0.715. The Bertz CT molecular complexity index is 119. The molecule has 0 aromatic carbocycles. The molecule has 0 aromatic heterocycles. The summed E-state index contributed by atoms with van der Waals surface area (Å²) in [7, 11) is 0. The monoisotopic (exact) mass is 159 g/mol. The highest BCUT2D eigenvalue weighted by atomic mass is 16.5. The normalized spacial score (nSPS) is 39.0. The number of aliphatic hydroxyl groups excluding tert-OH is 1. The first-order chi connectivity index (χ1) is 5.16. The molecule has 1 fully saturated rings. The quantitative estimate of drug-likeness (QED) is 0.602. The summed E-state index contributed by atoms with van der Waals surface area (Å²) in [6.45, 7) is 5.92. The van der Waals surface area contributed by atoms with Gasteiger partial charge in [-0.15, -0.1) is 0 Å². The van der Waals surface area contributed by atoms with Crippen molar-refractivity contribution in [3.05, 3.63) is 0 Å².